The average molecular weight is 432 g/mol. The van der Waals surface area contributed by atoms with Crippen LogP contribution in [0.3, 0.4) is 0 Å². The van der Waals surface area contributed by atoms with Crippen LogP contribution in [0.4, 0.5) is 8.78 Å². The van der Waals surface area contributed by atoms with Crippen LogP contribution in [0.25, 0.3) is 11.5 Å². The van der Waals surface area contributed by atoms with E-state index < -0.39 is 6.61 Å². The molecule has 3 rings (SSSR count). The highest BCUT2D eigenvalue weighted by atomic mass is 19.3. The normalized spacial score (nSPS) is 11.2. The average Bonchev–Trinajstić information content (AvgIpc) is 3.19. The second-order valence-electron chi connectivity index (χ2n) is 6.99. The summed E-state index contributed by atoms with van der Waals surface area (Å²) in [6, 6.07) is 12.5. The quantitative estimate of drug-likeness (QED) is 0.437. The van der Waals surface area contributed by atoms with E-state index in [-0.39, 0.29) is 17.6 Å². The Hall–Kier alpha value is -3.13. The third kappa shape index (κ3) is 6.42. The molecule has 31 heavy (non-hydrogen) atoms. The number of ether oxygens (including phenoxy) is 3. The van der Waals surface area contributed by atoms with Crippen molar-refractivity contribution in [2.45, 2.75) is 46.6 Å². The molecule has 0 unspecified atom stereocenters. The van der Waals surface area contributed by atoms with E-state index in [1.165, 1.54) is 6.07 Å². The van der Waals surface area contributed by atoms with Crippen molar-refractivity contribution in [1.29, 1.82) is 0 Å². The minimum atomic E-state index is -2.94. The Labute approximate surface area is 180 Å². The summed E-state index contributed by atoms with van der Waals surface area (Å²) in [4.78, 5) is 4.48. The molecule has 0 bridgehead atoms. The molecule has 0 fully saturated rings. The van der Waals surface area contributed by atoms with E-state index in [9.17, 15) is 8.78 Å². The summed E-state index contributed by atoms with van der Waals surface area (Å²) in [5.41, 5.74) is 2.37. The van der Waals surface area contributed by atoms with Crippen molar-refractivity contribution in [3.8, 4) is 28.7 Å². The molecule has 0 saturated carbocycles. The van der Waals surface area contributed by atoms with Crippen LogP contribution in [0.1, 0.15) is 32.0 Å². The van der Waals surface area contributed by atoms with Gasteiger partial charge in [-0.2, -0.15) is 8.78 Å². The molecule has 3 aromatic rings. The number of hydrogen-bond donors (Lipinski definition) is 1. The summed E-state index contributed by atoms with van der Waals surface area (Å²) in [7, 11) is 0. The van der Waals surface area contributed by atoms with Gasteiger partial charge in [-0.1, -0.05) is 18.2 Å². The fourth-order valence-electron chi connectivity index (χ4n) is 2.97. The first-order valence-corrected chi connectivity index (χ1v) is 10.1. The van der Waals surface area contributed by atoms with Gasteiger partial charge in [-0.05, 0) is 45.0 Å². The fraction of sp³-hybridized carbons (Fsp3) is 0.348. The standard InChI is InChI=1S/C23H26F2N2O4/c1-4-28-19-8-6-5-7-17(19)12-26-13-18-14-29-22(27-18)16-9-10-20(31-23(24)25)21(11-16)30-15(2)3/h5-11,14-15,23,26H,4,12-13H2,1-3H3. The van der Waals surface area contributed by atoms with Crippen LogP contribution in [0.5, 0.6) is 17.2 Å². The van der Waals surface area contributed by atoms with Crippen LogP contribution >= 0.6 is 0 Å². The number of benzene rings is 2. The lowest BCUT2D eigenvalue weighted by Gasteiger charge is -2.15. The van der Waals surface area contributed by atoms with Gasteiger partial charge in [-0.15, -0.1) is 0 Å². The maximum Gasteiger partial charge on any atom is 0.387 e. The molecule has 166 valence electrons. The van der Waals surface area contributed by atoms with Gasteiger partial charge in [-0.3, -0.25) is 0 Å². The molecule has 2 aromatic carbocycles. The molecule has 0 aliphatic heterocycles. The van der Waals surface area contributed by atoms with Gasteiger partial charge in [0.05, 0.1) is 18.4 Å². The van der Waals surface area contributed by atoms with Crippen LogP contribution < -0.4 is 19.5 Å². The minimum absolute atomic E-state index is 0.0335. The molecular weight excluding hydrogens is 406 g/mol. The van der Waals surface area contributed by atoms with Crippen LogP contribution in [-0.2, 0) is 13.1 Å². The lowest BCUT2D eigenvalue weighted by Crippen LogP contribution is -2.13. The van der Waals surface area contributed by atoms with E-state index in [1.807, 2.05) is 31.2 Å². The van der Waals surface area contributed by atoms with E-state index in [0.717, 1.165) is 11.3 Å². The fourth-order valence-corrected chi connectivity index (χ4v) is 2.97. The molecule has 0 aliphatic carbocycles. The zero-order valence-electron chi connectivity index (χ0n) is 17.7. The zero-order chi connectivity index (χ0) is 22.2. The predicted octanol–water partition coefficient (Wildman–Crippen LogP) is 5.42. The molecule has 0 atom stereocenters. The highest BCUT2D eigenvalue weighted by molar-refractivity contribution is 5.60. The molecular formula is C23H26F2N2O4. The second-order valence-corrected chi connectivity index (χ2v) is 6.99. The molecule has 0 spiro atoms. The summed E-state index contributed by atoms with van der Waals surface area (Å²) in [5, 5.41) is 3.32. The van der Waals surface area contributed by atoms with Gasteiger partial charge >= 0.3 is 6.61 Å². The maximum absolute atomic E-state index is 12.7. The summed E-state index contributed by atoms with van der Waals surface area (Å²) in [6.45, 7) is 4.33. The lowest BCUT2D eigenvalue weighted by atomic mass is 10.2. The van der Waals surface area contributed by atoms with Crippen molar-refractivity contribution < 1.29 is 27.4 Å². The van der Waals surface area contributed by atoms with Gasteiger partial charge in [0.15, 0.2) is 11.5 Å². The van der Waals surface area contributed by atoms with Crippen LogP contribution in [0.15, 0.2) is 53.1 Å². The van der Waals surface area contributed by atoms with E-state index >= 15 is 0 Å². The number of nitrogens with zero attached hydrogens (tertiary/aromatic N) is 1. The number of oxazole rings is 1. The maximum atomic E-state index is 12.7. The van der Waals surface area contributed by atoms with Gasteiger partial charge in [0.25, 0.3) is 0 Å². The number of halogens is 2. The topological polar surface area (TPSA) is 65.8 Å². The largest absolute Gasteiger partial charge is 0.494 e. The van der Waals surface area contributed by atoms with E-state index in [1.54, 1.807) is 32.2 Å². The number of aromatic nitrogens is 1. The van der Waals surface area contributed by atoms with Crippen molar-refractivity contribution >= 4 is 0 Å². The first-order chi connectivity index (χ1) is 15.0. The number of para-hydroxylation sites is 1. The highest BCUT2D eigenvalue weighted by Crippen LogP contribution is 2.34. The van der Waals surface area contributed by atoms with Gasteiger partial charge in [-0.25, -0.2) is 4.98 Å². The van der Waals surface area contributed by atoms with Crippen molar-refractivity contribution in [3.63, 3.8) is 0 Å². The number of hydrogen-bond acceptors (Lipinski definition) is 6. The Morgan fingerprint density at radius 3 is 2.55 bits per heavy atom. The molecule has 1 aromatic heterocycles. The lowest BCUT2D eigenvalue weighted by molar-refractivity contribution is -0.0518. The Bertz CT molecular complexity index is 976. The molecule has 6 nitrogen and oxygen atoms in total. The second kappa shape index (κ2) is 10.8. The molecule has 0 aliphatic rings. The predicted molar refractivity (Wildman–Crippen MR) is 112 cm³/mol. The first-order valence-electron chi connectivity index (χ1n) is 10.1. The third-order valence-electron chi connectivity index (χ3n) is 4.22. The van der Waals surface area contributed by atoms with Crippen LogP contribution in [0, 0.1) is 0 Å². The molecule has 1 heterocycles. The van der Waals surface area contributed by atoms with E-state index in [4.69, 9.17) is 13.9 Å². The Morgan fingerprint density at radius 1 is 1.00 bits per heavy atom. The summed E-state index contributed by atoms with van der Waals surface area (Å²) in [5.74, 6) is 1.39. The molecule has 0 amide bonds. The van der Waals surface area contributed by atoms with Gasteiger partial charge < -0.3 is 23.9 Å². The number of nitrogens with one attached hydrogen (secondary N) is 1. The minimum Gasteiger partial charge on any atom is -0.494 e. The van der Waals surface area contributed by atoms with Crippen molar-refractivity contribution in [2.75, 3.05) is 6.61 Å². The molecule has 0 saturated heterocycles. The Kier molecular flexibility index (Phi) is 7.83. The zero-order valence-corrected chi connectivity index (χ0v) is 17.7. The van der Waals surface area contributed by atoms with E-state index in [0.29, 0.717) is 36.8 Å². The molecule has 1 N–H and O–H groups in total. The molecule has 8 heteroatoms. The molecule has 0 radical (unpaired) electrons. The number of rotatable bonds is 11. The van der Waals surface area contributed by atoms with Gasteiger partial charge in [0.2, 0.25) is 5.89 Å². The SMILES string of the molecule is CCOc1ccccc1CNCc1coc(-c2ccc(OC(F)F)c(OC(C)C)c2)n1. The van der Waals surface area contributed by atoms with E-state index in [2.05, 4.69) is 15.0 Å². The van der Waals surface area contributed by atoms with Crippen molar-refractivity contribution in [3.05, 3.63) is 60.0 Å². The smallest absolute Gasteiger partial charge is 0.387 e. The third-order valence-corrected chi connectivity index (χ3v) is 4.22. The summed E-state index contributed by atoms with van der Waals surface area (Å²) in [6.07, 6.45) is 1.35. The first kappa shape index (κ1) is 22.6. The Balaban J connectivity index is 1.67. The van der Waals surface area contributed by atoms with Gasteiger partial charge in [0, 0.05) is 24.2 Å². The van der Waals surface area contributed by atoms with Crippen LogP contribution in [0.2, 0.25) is 0 Å². The Morgan fingerprint density at radius 2 is 1.81 bits per heavy atom. The summed E-state index contributed by atoms with van der Waals surface area (Å²) >= 11 is 0. The van der Waals surface area contributed by atoms with Crippen LogP contribution in [-0.4, -0.2) is 24.3 Å². The summed E-state index contributed by atoms with van der Waals surface area (Å²) < 4.78 is 46.7. The highest BCUT2D eigenvalue weighted by Gasteiger charge is 2.16. The monoisotopic (exact) mass is 432 g/mol. The van der Waals surface area contributed by atoms with Gasteiger partial charge in [0.1, 0.15) is 12.0 Å². The van der Waals surface area contributed by atoms with Crippen molar-refractivity contribution in [1.82, 2.24) is 10.3 Å². The van der Waals surface area contributed by atoms with Crippen molar-refractivity contribution in [2.24, 2.45) is 0 Å². The number of alkyl halides is 2.